The lowest BCUT2D eigenvalue weighted by Crippen LogP contribution is -2.06. The van der Waals surface area contributed by atoms with Crippen LogP contribution in [0.3, 0.4) is 0 Å². The molecule has 0 radical (unpaired) electrons. The molecule has 2 N–H and O–H groups in total. The van der Waals surface area contributed by atoms with E-state index in [0.29, 0.717) is 0 Å². The first-order chi connectivity index (χ1) is 6.29. The van der Waals surface area contributed by atoms with Crippen LogP contribution in [0.1, 0.15) is 0 Å². The Morgan fingerprint density at radius 3 is 2.85 bits per heavy atom. The minimum Gasteiger partial charge on any atom is -0.392 e. The molecule has 2 aromatic heterocycles. The van der Waals surface area contributed by atoms with Gasteiger partial charge in [-0.1, -0.05) is 0 Å². The van der Waals surface area contributed by atoms with Gasteiger partial charge in [0.25, 0.3) is 0 Å². The summed E-state index contributed by atoms with van der Waals surface area (Å²) in [7, 11) is 0. The first-order valence-corrected chi connectivity index (χ1v) is 3.40. The number of nitrogens with zero attached hydrogens (tertiary/aromatic N) is 5. The number of aromatic nitrogens is 5. The number of halogens is 1. The molecule has 0 unspecified atom stereocenters. The van der Waals surface area contributed by atoms with Gasteiger partial charge < -0.3 is 5.73 Å². The third-order valence-electron chi connectivity index (χ3n) is 1.45. The van der Waals surface area contributed by atoms with E-state index in [2.05, 4.69) is 20.1 Å². The maximum absolute atomic E-state index is 12.8. The molecule has 0 amide bonds. The molecule has 0 fully saturated rings. The van der Waals surface area contributed by atoms with Crippen molar-refractivity contribution < 1.29 is 4.39 Å². The van der Waals surface area contributed by atoms with Gasteiger partial charge in [0.05, 0.1) is 0 Å². The van der Waals surface area contributed by atoms with Gasteiger partial charge in [-0.15, -0.1) is 0 Å². The highest BCUT2D eigenvalue weighted by molar-refractivity contribution is 5.50. The fraction of sp³-hybridized carbons (Fsp3) is 0. The van der Waals surface area contributed by atoms with Crippen molar-refractivity contribution in [2.75, 3.05) is 5.73 Å². The van der Waals surface area contributed by atoms with Gasteiger partial charge in [-0.3, -0.25) is 0 Å². The summed E-state index contributed by atoms with van der Waals surface area (Å²) in [6, 6.07) is 0. The Labute approximate surface area is 72.3 Å². The van der Waals surface area contributed by atoms with Crippen molar-refractivity contribution in [3.8, 4) is 5.82 Å². The van der Waals surface area contributed by atoms with Gasteiger partial charge in [-0.2, -0.15) is 9.49 Å². The van der Waals surface area contributed by atoms with Crippen molar-refractivity contribution in [2.24, 2.45) is 0 Å². The van der Waals surface area contributed by atoms with Gasteiger partial charge in [-0.25, -0.2) is 19.6 Å². The molecule has 0 bridgehead atoms. The average Bonchev–Trinajstić information content (AvgIpc) is 2.62. The fourth-order valence-corrected chi connectivity index (χ4v) is 0.866. The number of anilines is 1. The quantitative estimate of drug-likeness (QED) is 0.613. The van der Waals surface area contributed by atoms with Crippen molar-refractivity contribution in [3.05, 3.63) is 24.9 Å². The first-order valence-electron chi connectivity index (χ1n) is 3.40. The predicted molar refractivity (Wildman–Crippen MR) is 41.3 cm³/mol. The first kappa shape index (κ1) is 7.59. The van der Waals surface area contributed by atoms with Gasteiger partial charge in [-0.05, 0) is 0 Å². The Morgan fingerprint density at radius 1 is 1.31 bits per heavy atom. The summed E-state index contributed by atoms with van der Waals surface area (Å²) >= 11 is 0. The van der Waals surface area contributed by atoms with Gasteiger partial charge in [0, 0.05) is 0 Å². The SMILES string of the molecule is Nc1c(F)ncnc1-n1cncn1. The van der Waals surface area contributed by atoms with Crippen molar-refractivity contribution in [1.29, 1.82) is 0 Å². The minimum atomic E-state index is -0.763. The van der Waals surface area contributed by atoms with Crippen LogP contribution in [0.5, 0.6) is 0 Å². The van der Waals surface area contributed by atoms with Gasteiger partial charge in [0.1, 0.15) is 24.7 Å². The maximum atomic E-state index is 12.8. The monoisotopic (exact) mass is 180 g/mol. The lowest BCUT2D eigenvalue weighted by Gasteiger charge is -2.01. The van der Waals surface area contributed by atoms with Crippen LogP contribution in [-0.4, -0.2) is 24.7 Å². The zero-order valence-electron chi connectivity index (χ0n) is 6.42. The van der Waals surface area contributed by atoms with Crippen LogP contribution < -0.4 is 5.73 Å². The largest absolute Gasteiger partial charge is 0.392 e. The zero-order chi connectivity index (χ0) is 9.26. The summed E-state index contributed by atoms with van der Waals surface area (Å²) in [6.45, 7) is 0. The van der Waals surface area contributed by atoms with E-state index in [1.165, 1.54) is 17.3 Å². The van der Waals surface area contributed by atoms with Crippen LogP contribution in [-0.2, 0) is 0 Å². The third kappa shape index (κ3) is 1.19. The highest BCUT2D eigenvalue weighted by Crippen LogP contribution is 2.13. The summed E-state index contributed by atoms with van der Waals surface area (Å²) in [4.78, 5) is 10.7. The maximum Gasteiger partial charge on any atom is 0.241 e. The molecule has 0 aliphatic heterocycles. The van der Waals surface area contributed by atoms with Gasteiger partial charge >= 0.3 is 0 Å². The van der Waals surface area contributed by atoms with Crippen LogP contribution in [0.15, 0.2) is 19.0 Å². The molecule has 66 valence electrons. The van der Waals surface area contributed by atoms with E-state index in [1.807, 2.05) is 0 Å². The number of rotatable bonds is 1. The van der Waals surface area contributed by atoms with Crippen molar-refractivity contribution >= 4 is 5.69 Å². The molecule has 0 atom stereocenters. The highest BCUT2D eigenvalue weighted by atomic mass is 19.1. The normalized spacial score (nSPS) is 10.2. The molecular weight excluding hydrogens is 175 g/mol. The molecule has 7 heteroatoms. The molecular formula is C6H5FN6. The van der Waals surface area contributed by atoms with E-state index in [0.717, 1.165) is 6.33 Å². The fourth-order valence-electron chi connectivity index (χ4n) is 0.866. The summed E-state index contributed by atoms with van der Waals surface area (Å²) in [5, 5.41) is 3.76. The van der Waals surface area contributed by atoms with Gasteiger partial charge in [0.2, 0.25) is 5.95 Å². The average molecular weight is 180 g/mol. The van der Waals surface area contributed by atoms with Crippen molar-refractivity contribution in [3.63, 3.8) is 0 Å². The van der Waals surface area contributed by atoms with Crippen LogP contribution in [0.4, 0.5) is 10.1 Å². The molecule has 6 nitrogen and oxygen atoms in total. The summed E-state index contributed by atoms with van der Waals surface area (Å²) in [5.41, 5.74) is 5.24. The van der Waals surface area contributed by atoms with E-state index in [-0.39, 0.29) is 11.5 Å². The lowest BCUT2D eigenvalue weighted by atomic mass is 10.5. The second-order valence-electron chi connectivity index (χ2n) is 2.24. The van der Waals surface area contributed by atoms with E-state index >= 15 is 0 Å². The van der Waals surface area contributed by atoms with E-state index in [9.17, 15) is 4.39 Å². The Balaban J connectivity index is 2.59. The second-order valence-corrected chi connectivity index (χ2v) is 2.24. The molecule has 0 aromatic carbocycles. The Bertz CT molecular complexity index is 411. The van der Waals surface area contributed by atoms with Crippen molar-refractivity contribution in [2.45, 2.75) is 0 Å². The standard InChI is InChI=1S/C6H5FN6/c7-5-4(8)6(11-2-10-5)13-3-9-1-12-13/h1-3H,8H2. The Hall–Kier alpha value is -2.05. The molecule has 0 aliphatic carbocycles. The predicted octanol–water partition coefficient (Wildman–Crippen LogP) is -0.221. The number of hydrogen-bond acceptors (Lipinski definition) is 5. The number of hydrogen-bond donors (Lipinski definition) is 1. The lowest BCUT2D eigenvalue weighted by molar-refractivity contribution is 0.581. The van der Waals surface area contributed by atoms with Gasteiger partial charge in [0.15, 0.2) is 5.82 Å². The molecule has 0 saturated carbocycles. The van der Waals surface area contributed by atoms with Crippen LogP contribution in [0.25, 0.3) is 5.82 Å². The van der Waals surface area contributed by atoms with Crippen molar-refractivity contribution in [1.82, 2.24) is 24.7 Å². The molecule has 2 heterocycles. The minimum absolute atomic E-state index is 0.145. The zero-order valence-corrected chi connectivity index (χ0v) is 6.42. The molecule has 0 spiro atoms. The topological polar surface area (TPSA) is 82.5 Å². The van der Waals surface area contributed by atoms with E-state index < -0.39 is 5.95 Å². The summed E-state index contributed by atoms with van der Waals surface area (Å²) in [6.07, 6.45) is 3.75. The Kier molecular flexibility index (Phi) is 1.62. The smallest absolute Gasteiger partial charge is 0.241 e. The van der Waals surface area contributed by atoms with E-state index in [4.69, 9.17) is 5.73 Å². The molecule has 0 saturated heterocycles. The van der Waals surface area contributed by atoms with Crippen LogP contribution in [0.2, 0.25) is 0 Å². The third-order valence-corrected chi connectivity index (χ3v) is 1.45. The molecule has 0 aliphatic rings. The summed E-state index contributed by atoms with van der Waals surface area (Å²) < 4.78 is 14.1. The highest BCUT2D eigenvalue weighted by Gasteiger charge is 2.08. The number of nitrogen functional groups attached to an aromatic ring is 1. The summed E-state index contributed by atoms with van der Waals surface area (Å²) in [5.74, 6) is -0.578. The Morgan fingerprint density at radius 2 is 2.15 bits per heavy atom. The molecule has 13 heavy (non-hydrogen) atoms. The van der Waals surface area contributed by atoms with Crippen LogP contribution in [0, 0.1) is 5.95 Å². The number of nitrogens with two attached hydrogens (primary N) is 1. The molecule has 2 aromatic rings. The molecule has 2 rings (SSSR count). The van der Waals surface area contributed by atoms with Crippen LogP contribution >= 0.6 is 0 Å². The van der Waals surface area contributed by atoms with E-state index in [1.54, 1.807) is 0 Å². The second kappa shape index (κ2) is 2.77.